The van der Waals surface area contributed by atoms with Crippen LogP contribution in [0.5, 0.6) is 0 Å². The second-order valence-electron chi connectivity index (χ2n) is 4.30. The summed E-state index contributed by atoms with van der Waals surface area (Å²) in [6, 6.07) is 0. The molecule has 3 rings (SSSR count). The van der Waals surface area contributed by atoms with Crippen LogP contribution in [0.2, 0.25) is 0 Å². The van der Waals surface area contributed by atoms with Crippen LogP contribution in [-0.4, -0.2) is 16.9 Å². The molecule has 2 unspecified atom stereocenters. The van der Waals surface area contributed by atoms with Crippen molar-refractivity contribution in [1.29, 1.82) is 0 Å². The number of Topliss-reactive ketones (excluding diaryl/α,β-unsaturated/α-hetero) is 1. The van der Waals surface area contributed by atoms with E-state index in [0.717, 1.165) is 6.42 Å². The standard InChI is InChI=1S/C11H10O3/c12-10-8(11(13)14)4-7-5-1-2-6(3-5)9(7)10/h1-2,4-7,9H,3H2,(H,13,14)/t5?,6?,7-,9+/m1/s1. The molecule has 0 saturated heterocycles. The van der Waals surface area contributed by atoms with E-state index >= 15 is 0 Å². The Balaban J connectivity index is 2.02. The van der Waals surface area contributed by atoms with Gasteiger partial charge in [0.15, 0.2) is 5.78 Å². The molecule has 0 aliphatic heterocycles. The van der Waals surface area contributed by atoms with Gasteiger partial charge >= 0.3 is 5.97 Å². The number of hydrogen-bond donors (Lipinski definition) is 1. The second kappa shape index (κ2) is 2.35. The number of carboxylic acids is 1. The normalized spacial score (nSPS) is 42.9. The van der Waals surface area contributed by atoms with Crippen molar-refractivity contribution in [3.63, 3.8) is 0 Å². The fourth-order valence-corrected chi connectivity index (χ4v) is 3.09. The minimum atomic E-state index is -1.07. The molecule has 1 saturated carbocycles. The largest absolute Gasteiger partial charge is 0.478 e. The highest BCUT2D eigenvalue weighted by Crippen LogP contribution is 2.52. The Kier molecular flexibility index (Phi) is 1.34. The summed E-state index contributed by atoms with van der Waals surface area (Å²) < 4.78 is 0. The molecule has 1 N–H and O–H groups in total. The molecule has 4 atom stereocenters. The molecule has 0 aromatic rings. The van der Waals surface area contributed by atoms with Crippen LogP contribution in [0.4, 0.5) is 0 Å². The molecule has 0 aromatic heterocycles. The molecule has 0 radical (unpaired) electrons. The lowest BCUT2D eigenvalue weighted by atomic mass is 9.85. The van der Waals surface area contributed by atoms with E-state index in [2.05, 4.69) is 12.2 Å². The van der Waals surface area contributed by atoms with Gasteiger partial charge in [0.05, 0.1) is 5.57 Å². The Morgan fingerprint density at radius 1 is 1.36 bits per heavy atom. The third-order valence-electron chi connectivity index (χ3n) is 3.68. The lowest BCUT2D eigenvalue weighted by Gasteiger charge is -2.17. The molecule has 0 aromatic carbocycles. The molecule has 0 amide bonds. The van der Waals surface area contributed by atoms with Crippen LogP contribution >= 0.6 is 0 Å². The number of allylic oxidation sites excluding steroid dienone is 3. The van der Waals surface area contributed by atoms with Crippen molar-refractivity contribution < 1.29 is 14.7 Å². The first-order valence-electron chi connectivity index (χ1n) is 4.86. The van der Waals surface area contributed by atoms with Crippen LogP contribution in [0, 0.1) is 23.7 Å². The van der Waals surface area contributed by atoms with Gasteiger partial charge in [-0.2, -0.15) is 0 Å². The van der Waals surface area contributed by atoms with E-state index in [-0.39, 0.29) is 23.2 Å². The van der Waals surface area contributed by atoms with Crippen molar-refractivity contribution in [2.45, 2.75) is 6.42 Å². The van der Waals surface area contributed by atoms with E-state index in [4.69, 9.17) is 5.11 Å². The topological polar surface area (TPSA) is 54.4 Å². The minimum absolute atomic E-state index is 0.0124. The Labute approximate surface area is 81.1 Å². The van der Waals surface area contributed by atoms with Gasteiger partial charge in [-0.25, -0.2) is 4.79 Å². The number of carbonyl (C=O) groups excluding carboxylic acids is 1. The lowest BCUT2D eigenvalue weighted by molar-refractivity contribution is -0.135. The smallest absolute Gasteiger partial charge is 0.339 e. The van der Waals surface area contributed by atoms with E-state index in [0.29, 0.717) is 11.8 Å². The van der Waals surface area contributed by atoms with Gasteiger partial charge in [0.2, 0.25) is 0 Å². The fourth-order valence-electron chi connectivity index (χ4n) is 3.09. The zero-order chi connectivity index (χ0) is 9.87. The number of carboxylic acid groups (broad SMARTS) is 1. The summed E-state index contributed by atoms with van der Waals surface area (Å²) in [5.41, 5.74) is 0.0124. The Morgan fingerprint density at radius 2 is 2.07 bits per heavy atom. The minimum Gasteiger partial charge on any atom is -0.478 e. The lowest BCUT2D eigenvalue weighted by Crippen LogP contribution is -2.22. The van der Waals surface area contributed by atoms with Gasteiger partial charge in [-0.1, -0.05) is 18.2 Å². The third kappa shape index (κ3) is 0.775. The molecule has 3 aliphatic rings. The Morgan fingerprint density at radius 3 is 2.71 bits per heavy atom. The van der Waals surface area contributed by atoms with E-state index < -0.39 is 5.97 Å². The summed E-state index contributed by atoms with van der Waals surface area (Å²) in [5, 5.41) is 8.82. The monoisotopic (exact) mass is 190 g/mol. The Bertz CT molecular complexity index is 391. The van der Waals surface area contributed by atoms with E-state index in [1.54, 1.807) is 6.08 Å². The van der Waals surface area contributed by atoms with Gasteiger partial charge in [0.25, 0.3) is 0 Å². The summed E-state index contributed by atoms with van der Waals surface area (Å²) in [4.78, 5) is 22.5. The number of aliphatic carboxylic acids is 1. The van der Waals surface area contributed by atoms with Crippen LogP contribution in [0.1, 0.15) is 6.42 Å². The van der Waals surface area contributed by atoms with Crippen LogP contribution in [-0.2, 0) is 9.59 Å². The van der Waals surface area contributed by atoms with Crippen molar-refractivity contribution in [3.05, 3.63) is 23.8 Å². The van der Waals surface area contributed by atoms with Crippen LogP contribution in [0.25, 0.3) is 0 Å². The summed E-state index contributed by atoms with van der Waals surface area (Å²) in [6.45, 7) is 0. The molecule has 3 aliphatic carbocycles. The van der Waals surface area contributed by atoms with Crippen molar-refractivity contribution in [1.82, 2.24) is 0 Å². The fraction of sp³-hybridized carbons (Fsp3) is 0.455. The van der Waals surface area contributed by atoms with Crippen molar-refractivity contribution >= 4 is 11.8 Å². The third-order valence-corrected chi connectivity index (χ3v) is 3.68. The summed E-state index contributed by atoms with van der Waals surface area (Å²) in [6.07, 6.45) is 6.90. The Hall–Kier alpha value is -1.38. The maximum atomic E-state index is 11.7. The number of rotatable bonds is 1. The van der Waals surface area contributed by atoms with Gasteiger partial charge in [-0.15, -0.1) is 0 Å². The van der Waals surface area contributed by atoms with Crippen molar-refractivity contribution in [2.75, 3.05) is 0 Å². The molecule has 3 nitrogen and oxygen atoms in total. The first-order chi connectivity index (χ1) is 6.68. The molecule has 2 bridgehead atoms. The highest BCUT2D eigenvalue weighted by atomic mass is 16.4. The number of fused-ring (bicyclic) bond motifs is 5. The van der Waals surface area contributed by atoms with Gasteiger partial charge in [-0.05, 0) is 24.2 Å². The van der Waals surface area contributed by atoms with Gasteiger partial charge < -0.3 is 5.11 Å². The second-order valence-corrected chi connectivity index (χ2v) is 4.30. The van der Waals surface area contributed by atoms with E-state index in [9.17, 15) is 9.59 Å². The number of ketones is 1. The molecule has 14 heavy (non-hydrogen) atoms. The number of hydrogen-bond acceptors (Lipinski definition) is 2. The molecular weight excluding hydrogens is 180 g/mol. The van der Waals surface area contributed by atoms with Gasteiger partial charge in [-0.3, -0.25) is 4.79 Å². The molecule has 1 fully saturated rings. The van der Waals surface area contributed by atoms with Crippen LogP contribution in [0.3, 0.4) is 0 Å². The maximum Gasteiger partial charge on any atom is 0.339 e. The first kappa shape index (κ1) is 7.97. The average Bonchev–Trinajstić information content (AvgIpc) is 2.75. The first-order valence-corrected chi connectivity index (χ1v) is 4.86. The highest BCUT2D eigenvalue weighted by Gasteiger charge is 2.52. The SMILES string of the molecule is O=C(O)C1=C[C@@H]2C3C=CC(C3)[C@@H]2C1=O. The average molecular weight is 190 g/mol. The highest BCUT2D eigenvalue weighted by molar-refractivity contribution is 6.19. The molecule has 3 heteroatoms. The van der Waals surface area contributed by atoms with Crippen LogP contribution < -0.4 is 0 Å². The van der Waals surface area contributed by atoms with Crippen LogP contribution in [0.15, 0.2) is 23.8 Å². The molecule has 0 spiro atoms. The van der Waals surface area contributed by atoms with Crippen molar-refractivity contribution in [3.8, 4) is 0 Å². The predicted molar refractivity (Wildman–Crippen MR) is 48.4 cm³/mol. The van der Waals surface area contributed by atoms with E-state index in [1.807, 2.05) is 0 Å². The molecule has 72 valence electrons. The summed E-state index contributed by atoms with van der Waals surface area (Å²) in [7, 11) is 0. The zero-order valence-electron chi connectivity index (χ0n) is 7.51. The van der Waals surface area contributed by atoms with Crippen molar-refractivity contribution in [2.24, 2.45) is 23.7 Å². The molecule has 0 heterocycles. The summed E-state index contributed by atoms with van der Waals surface area (Å²) >= 11 is 0. The molecular formula is C11H10O3. The summed E-state index contributed by atoms with van der Waals surface area (Å²) in [5.74, 6) is -0.403. The number of carbonyl (C=O) groups is 2. The zero-order valence-corrected chi connectivity index (χ0v) is 7.51. The van der Waals surface area contributed by atoms with E-state index in [1.165, 1.54) is 0 Å². The van der Waals surface area contributed by atoms with Gasteiger partial charge in [0, 0.05) is 5.92 Å². The predicted octanol–water partition coefficient (Wildman–Crippen LogP) is 1.02. The van der Waals surface area contributed by atoms with Gasteiger partial charge in [0.1, 0.15) is 0 Å². The quantitative estimate of drug-likeness (QED) is 0.496. The maximum absolute atomic E-state index is 11.7.